The zero-order valence-electron chi connectivity index (χ0n) is 17.3. The van der Waals surface area contributed by atoms with Gasteiger partial charge in [0.1, 0.15) is 5.82 Å². The summed E-state index contributed by atoms with van der Waals surface area (Å²) in [5.74, 6) is 0.745. The van der Waals surface area contributed by atoms with Crippen LogP contribution in [0.15, 0.2) is 77.1 Å². The molecule has 0 radical (unpaired) electrons. The first kappa shape index (κ1) is 19.2. The third-order valence-electron chi connectivity index (χ3n) is 5.57. The van der Waals surface area contributed by atoms with Crippen molar-refractivity contribution in [2.45, 2.75) is 32.2 Å². The van der Waals surface area contributed by atoms with E-state index < -0.39 is 0 Å². The van der Waals surface area contributed by atoms with E-state index in [1.807, 2.05) is 66.9 Å². The van der Waals surface area contributed by atoms with Gasteiger partial charge in [0, 0.05) is 19.8 Å². The number of aryl methyl sites for hydroxylation is 1. The fraction of sp³-hybridized carbons (Fsp3) is 0.280. The number of aromatic nitrogens is 2. The minimum Gasteiger partial charge on any atom is -0.378 e. The van der Waals surface area contributed by atoms with Crippen molar-refractivity contribution >= 4 is 16.6 Å². The Hall–Kier alpha value is -3.14. The number of fused-ring (bicyclic) bond motifs is 1. The molecule has 4 rings (SSSR count). The fourth-order valence-corrected chi connectivity index (χ4v) is 4.02. The molecule has 0 saturated heterocycles. The summed E-state index contributed by atoms with van der Waals surface area (Å²) in [6, 6.07) is 16.1. The number of anilines is 1. The summed E-state index contributed by atoms with van der Waals surface area (Å²) in [6.45, 7) is 1.93. The average Bonchev–Trinajstić information content (AvgIpc) is 2.74. The van der Waals surface area contributed by atoms with Crippen molar-refractivity contribution in [2.75, 3.05) is 19.0 Å². The topological polar surface area (TPSA) is 38.1 Å². The Labute approximate surface area is 171 Å². The molecule has 29 heavy (non-hydrogen) atoms. The number of nitrogens with zero attached hydrogens (tertiary/aromatic N) is 3. The predicted octanol–water partition coefficient (Wildman–Crippen LogP) is 5.03. The highest BCUT2D eigenvalue weighted by Crippen LogP contribution is 2.29. The Bertz CT molecular complexity index is 1140. The first-order chi connectivity index (χ1) is 14.0. The lowest BCUT2D eigenvalue weighted by atomic mass is 9.95. The van der Waals surface area contributed by atoms with Gasteiger partial charge in [0.25, 0.3) is 5.56 Å². The molecule has 148 valence electrons. The van der Waals surface area contributed by atoms with Crippen molar-refractivity contribution in [1.82, 2.24) is 9.55 Å². The van der Waals surface area contributed by atoms with Crippen molar-refractivity contribution in [2.24, 2.45) is 0 Å². The van der Waals surface area contributed by atoms with Gasteiger partial charge in [-0.1, -0.05) is 48.6 Å². The Morgan fingerprint density at radius 3 is 2.59 bits per heavy atom. The van der Waals surface area contributed by atoms with E-state index in [0.29, 0.717) is 5.39 Å². The molecule has 0 N–H and O–H groups in total. The lowest BCUT2D eigenvalue weighted by Gasteiger charge is -2.24. The van der Waals surface area contributed by atoms with E-state index >= 15 is 0 Å². The van der Waals surface area contributed by atoms with Gasteiger partial charge in [-0.3, -0.25) is 9.36 Å². The third-order valence-corrected chi connectivity index (χ3v) is 5.57. The van der Waals surface area contributed by atoms with Crippen LogP contribution in [0, 0.1) is 6.92 Å². The molecule has 1 unspecified atom stereocenters. The predicted molar refractivity (Wildman–Crippen MR) is 121 cm³/mol. The molecule has 4 heteroatoms. The van der Waals surface area contributed by atoms with Crippen molar-refractivity contribution in [3.05, 3.63) is 94.1 Å². The lowest BCUT2D eigenvalue weighted by Crippen LogP contribution is -2.29. The van der Waals surface area contributed by atoms with Gasteiger partial charge >= 0.3 is 0 Å². The van der Waals surface area contributed by atoms with Crippen LogP contribution in [0.3, 0.4) is 0 Å². The van der Waals surface area contributed by atoms with Crippen LogP contribution in [0.5, 0.6) is 0 Å². The lowest BCUT2D eigenvalue weighted by molar-refractivity contribution is 0.541. The maximum absolute atomic E-state index is 13.6. The summed E-state index contributed by atoms with van der Waals surface area (Å²) >= 11 is 0. The van der Waals surface area contributed by atoms with Crippen LogP contribution in [-0.4, -0.2) is 23.6 Å². The summed E-state index contributed by atoms with van der Waals surface area (Å²) in [6.07, 6.45) is 9.62. The largest absolute Gasteiger partial charge is 0.378 e. The molecule has 1 aromatic heterocycles. The molecule has 3 aromatic rings. The van der Waals surface area contributed by atoms with E-state index in [1.165, 1.54) is 5.57 Å². The van der Waals surface area contributed by atoms with Gasteiger partial charge in [-0.25, -0.2) is 4.98 Å². The monoisotopic (exact) mass is 385 g/mol. The molecule has 1 heterocycles. The Balaban J connectivity index is 1.90. The molecule has 0 aliphatic heterocycles. The molecular formula is C25H27N3O. The van der Waals surface area contributed by atoms with Crippen LogP contribution in [0.25, 0.3) is 10.9 Å². The van der Waals surface area contributed by atoms with Gasteiger partial charge in [0.15, 0.2) is 0 Å². The summed E-state index contributed by atoms with van der Waals surface area (Å²) in [5, 5.41) is 0.663. The molecule has 0 saturated carbocycles. The highest BCUT2D eigenvalue weighted by atomic mass is 16.1. The molecule has 1 aliphatic carbocycles. The van der Waals surface area contributed by atoms with Crippen LogP contribution in [0.2, 0.25) is 0 Å². The smallest absolute Gasteiger partial charge is 0.262 e. The number of hydrogen-bond acceptors (Lipinski definition) is 3. The van der Waals surface area contributed by atoms with E-state index in [2.05, 4.69) is 30.4 Å². The number of allylic oxidation sites excluding steroid dienone is 4. The van der Waals surface area contributed by atoms with Crippen molar-refractivity contribution in [3.8, 4) is 0 Å². The summed E-state index contributed by atoms with van der Waals surface area (Å²) in [7, 11) is 3.96. The van der Waals surface area contributed by atoms with Gasteiger partial charge in [-0.05, 0) is 55.5 Å². The zero-order valence-corrected chi connectivity index (χ0v) is 17.3. The molecule has 4 nitrogen and oxygen atoms in total. The first-order valence-corrected chi connectivity index (χ1v) is 10.2. The molecular weight excluding hydrogens is 358 g/mol. The SMILES string of the molecule is Cc1nc2ccc(N(C)C)cc2c(=O)n1C(CC1=CCCC=C1)c1ccccc1. The quantitative estimate of drug-likeness (QED) is 0.618. The average molecular weight is 386 g/mol. The Kier molecular flexibility index (Phi) is 5.34. The maximum Gasteiger partial charge on any atom is 0.262 e. The highest BCUT2D eigenvalue weighted by molar-refractivity contribution is 5.81. The van der Waals surface area contributed by atoms with Gasteiger partial charge in [-0.15, -0.1) is 0 Å². The second-order valence-corrected chi connectivity index (χ2v) is 7.82. The van der Waals surface area contributed by atoms with Crippen molar-refractivity contribution in [3.63, 3.8) is 0 Å². The van der Waals surface area contributed by atoms with E-state index in [-0.39, 0.29) is 11.6 Å². The van der Waals surface area contributed by atoms with E-state index in [1.54, 1.807) is 0 Å². The van der Waals surface area contributed by atoms with E-state index in [0.717, 1.165) is 41.9 Å². The maximum atomic E-state index is 13.6. The molecule has 0 spiro atoms. The normalized spacial score (nSPS) is 14.7. The van der Waals surface area contributed by atoms with Crippen LogP contribution in [0.1, 0.15) is 36.7 Å². The second-order valence-electron chi connectivity index (χ2n) is 7.82. The van der Waals surface area contributed by atoms with Crippen molar-refractivity contribution < 1.29 is 0 Å². The number of hydrogen-bond donors (Lipinski definition) is 0. The molecule has 1 aliphatic rings. The van der Waals surface area contributed by atoms with Crippen molar-refractivity contribution in [1.29, 1.82) is 0 Å². The molecule has 1 atom stereocenters. The first-order valence-electron chi connectivity index (χ1n) is 10.2. The van der Waals surface area contributed by atoms with Gasteiger partial charge in [0.2, 0.25) is 0 Å². The second kappa shape index (κ2) is 8.08. The van der Waals surface area contributed by atoms with Crippen LogP contribution < -0.4 is 10.5 Å². The Morgan fingerprint density at radius 1 is 1.10 bits per heavy atom. The zero-order chi connectivity index (χ0) is 20.4. The molecule has 0 bridgehead atoms. The van der Waals surface area contributed by atoms with Crippen LogP contribution in [-0.2, 0) is 0 Å². The highest BCUT2D eigenvalue weighted by Gasteiger charge is 2.21. The number of rotatable bonds is 5. The van der Waals surface area contributed by atoms with E-state index in [9.17, 15) is 4.79 Å². The molecule has 0 fully saturated rings. The number of benzene rings is 2. The summed E-state index contributed by atoms with van der Waals surface area (Å²) < 4.78 is 1.88. The standard InChI is InChI=1S/C25H27N3O/c1-18-26-23-15-14-21(27(2)3)17-22(23)25(29)28(18)24(20-12-8-5-9-13-20)16-19-10-6-4-7-11-19/h5-6,8-15,17,24H,4,7,16H2,1-3H3. The minimum atomic E-state index is -0.0855. The molecule has 2 aromatic carbocycles. The Morgan fingerprint density at radius 2 is 1.90 bits per heavy atom. The summed E-state index contributed by atoms with van der Waals surface area (Å²) in [5.41, 5.74) is 4.17. The van der Waals surface area contributed by atoms with E-state index in [4.69, 9.17) is 4.98 Å². The van der Waals surface area contributed by atoms with Gasteiger partial charge in [0.05, 0.1) is 16.9 Å². The van der Waals surface area contributed by atoms with Gasteiger partial charge in [-0.2, -0.15) is 0 Å². The third kappa shape index (κ3) is 3.88. The van der Waals surface area contributed by atoms with Crippen LogP contribution >= 0.6 is 0 Å². The fourth-order valence-electron chi connectivity index (χ4n) is 4.02. The van der Waals surface area contributed by atoms with Gasteiger partial charge < -0.3 is 4.90 Å². The summed E-state index contributed by atoms with van der Waals surface area (Å²) in [4.78, 5) is 20.4. The molecule has 0 amide bonds. The minimum absolute atomic E-state index is 0.0189. The van der Waals surface area contributed by atoms with Crippen LogP contribution in [0.4, 0.5) is 5.69 Å².